The first kappa shape index (κ1) is 6.55. The molecule has 2 atom stereocenters. The smallest absolute Gasteiger partial charge is 0.335 e. The molecule has 0 unspecified atom stereocenters. The van der Waals surface area contributed by atoms with E-state index in [9.17, 15) is 4.79 Å². The molecule has 1 rings (SSSR count). The molecule has 1 aliphatic carbocycles. The molecule has 0 aromatic heterocycles. The third-order valence-corrected chi connectivity index (χ3v) is 1.94. The van der Waals surface area contributed by atoms with E-state index in [1.54, 1.807) is 0 Å². The molecular formula is C6H10O3. The third kappa shape index (κ3) is 0.812. The highest BCUT2D eigenvalue weighted by Crippen LogP contribution is 2.45. The molecular weight excluding hydrogens is 120 g/mol. The normalized spacial score (nSPS) is 40.4. The zero-order valence-corrected chi connectivity index (χ0v) is 5.29. The highest BCUT2D eigenvalue weighted by molar-refractivity contribution is 5.81. The van der Waals surface area contributed by atoms with Crippen LogP contribution in [0.2, 0.25) is 0 Å². The Morgan fingerprint density at radius 3 is 2.56 bits per heavy atom. The Balaban J connectivity index is 2.52. The monoisotopic (exact) mass is 130 g/mol. The molecule has 1 aliphatic rings. The SMILES string of the molecule is CC[C@@H]1C[C@@]1(O)C(=O)O. The number of carboxylic acids is 1. The average molecular weight is 130 g/mol. The summed E-state index contributed by atoms with van der Waals surface area (Å²) < 4.78 is 0. The lowest BCUT2D eigenvalue weighted by molar-refractivity contribution is -0.150. The summed E-state index contributed by atoms with van der Waals surface area (Å²) in [6, 6.07) is 0. The standard InChI is InChI=1S/C6H10O3/c1-2-4-3-6(4,9)5(7)8/h4,9H,2-3H2,1H3,(H,7,8)/t4-,6+/m1/s1. The quantitative estimate of drug-likeness (QED) is 0.562. The summed E-state index contributed by atoms with van der Waals surface area (Å²) in [7, 11) is 0. The van der Waals surface area contributed by atoms with Gasteiger partial charge in [0.25, 0.3) is 0 Å². The molecule has 0 radical (unpaired) electrons. The molecule has 0 amide bonds. The molecule has 0 bridgehead atoms. The molecule has 0 aromatic carbocycles. The fourth-order valence-electron chi connectivity index (χ4n) is 1.06. The van der Waals surface area contributed by atoms with Crippen molar-refractivity contribution in [3.63, 3.8) is 0 Å². The van der Waals surface area contributed by atoms with Crippen LogP contribution in [0.1, 0.15) is 19.8 Å². The van der Waals surface area contributed by atoms with E-state index in [4.69, 9.17) is 10.2 Å². The fraction of sp³-hybridized carbons (Fsp3) is 0.833. The topological polar surface area (TPSA) is 57.5 Å². The fourth-order valence-corrected chi connectivity index (χ4v) is 1.06. The number of aliphatic hydroxyl groups is 1. The summed E-state index contributed by atoms with van der Waals surface area (Å²) in [5, 5.41) is 17.4. The van der Waals surface area contributed by atoms with Crippen LogP contribution in [0.4, 0.5) is 0 Å². The van der Waals surface area contributed by atoms with Gasteiger partial charge in [0.1, 0.15) is 0 Å². The van der Waals surface area contributed by atoms with Gasteiger partial charge in [-0.3, -0.25) is 0 Å². The Morgan fingerprint density at radius 1 is 1.89 bits per heavy atom. The van der Waals surface area contributed by atoms with Crippen molar-refractivity contribution < 1.29 is 15.0 Å². The minimum absolute atomic E-state index is 0.00463. The van der Waals surface area contributed by atoms with Gasteiger partial charge in [-0.15, -0.1) is 0 Å². The van der Waals surface area contributed by atoms with Crippen LogP contribution in [0, 0.1) is 5.92 Å². The number of hydrogen-bond donors (Lipinski definition) is 2. The van der Waals surface area contributed by atoms with E-state index in [0.717, 1.165) is 6.42 Å². The van der Waals surface area contributed by atoms with Gasteiger partial charge in [0.2, 0.25) is 0 Å². The van der Waals surface area contributed by atoms with Crippen molar-refractivity contribution in [1.29, 1.82) is 0 Å². The van der Waals surface area contributed by atoms with Gasteiger partial charge in [-0.1, -0.05) is 6.92 Å². The molecule has 2 N–H and O–H groups in total. The summed E-state index contributed by atoms with van der Waals surface area (Å²) in [5.74, 6) is -1.08. The minimum Gasteiger partial charge on any atom is -0.479 e. The summed E-state index contributed by atoms with van der Waals surface area (Å²) >= 11 is 0. The highest BCUT2D eigenvalue weighted by atomic mass is 16.4. The van der Waals surface area contributed by atoms with Gasteiger partial charge in [0.05, 0.1) is 0 Å². The predicted molar refractivity (Wildman–Crippen MR) is 31.0 cm³/mol. The van der Waals surface area contributed by atoms with Crippen LogP contribution in [0.5, 0.6) is 0 Å². The largest absolute Gasteiger partial charge is 0.479 e. The summed E-state index contributed by atoms with van der Waals surface area (Å²) in [6.45, 7) is 1.88. The Morgan fingerprint density at radius 2 is 2.44 bits per heavy atom. The molecule has 1 fully saturated rings. The number of carboxylic acid groups (broad SMARTS) is 1. The molecule has 1 saturated carbocycles. The van der Waals surface area contributed by atoms with Gasteiger partial charge in [-0.25, -0.2) is 4.79 Å². The van der Waals surface area contributed by atoms with Crippen molar-refractivity contribution >= 4 is 5.97 Å². The van der Waals surface area contributed by atoms with E-state index in [-0.39, 0.29) is 5.92 Å². The van der Waals surface area contributed by atoms with Gasteiger partial charge < -0.3 is 10.2 Å². The minimum atomic E-state index is -1.37. The van der Waals surface area contributed by atoms with Crippen LogP contribution in [0.25, 0.3) is 0 Å². The van der Waals surface area contributed by atoms with Crippen molar-refractivity contribution in [2.75, 3.05) is 0 Å². The van der Waals surface area contributed by atoms with E-state index in [1.807, 2.05) is 6.92 Å². The zero-order valence-electron chi connectivity index (χ0n) is 5.29. The number of hydrogen-bond acceptors (Lipinski definition) is 2. The van der Waals surface area contributed by atoms with E-state index in [2.05, 4.69) is 0 Å². The molecule has 0 aromatic rings. The molecule has 0 aliphatic heterocycles. The maximum absolute atomic E-state index is 10.2. The Labute approximate surface area is 53.3 Å². The number of carbonyl (C=O) groups is 1. The van der Waals surface area contributed by atoms with Crippen LogP contribution in [-0.4, -0.2) is 21.8 Å². The molecule has 3 nitrogen and oxygen atoms in total. The van der Waals surface area contributed by atoms with E-state index in [1.165, 1.54) is 0 Å². The lowest BCUT2D eigenvalue weighted by Gasteiger charge is -1.99. The Hall–Kier alpha value is -0.570. The lowest BCUT2D eigenvalue weighted by Crippen LogP contribution is -2.23. The second-order valence-corrected chi connectivity index (χ2v) is 2.54. The van der Waals surface area contributed by atoms with Crippen molar-refractivity contribution in [2.24, 2.45) is 5.92 Å². The van der Waals surface area contributed by atoms with Gasteiger partial charge in [-0.05, 0) is 12.8 Å². The second kappa shape index (κ2) is 1.70. The maximum Gasteiger partial charge on any atom is 0.335 e. The van der Waals surface area contributed by atoms with Crippen LogP contribution in [-0.2, 0) is 4.79 Å². The molecule has 0 heterocycles. The highest BCUT2D eigenvalue weighted by Gasteiger charge is 2.58. The average Bonchev–Trinajstić information content (AvgIpc) is 2.44. The van der Waals surface area contributed by atoms with Crippen LogP contribution < -0.4 is 0 Å². The van der Waals surface area contributed by atoms with E-state index < -0.39 is 11.6 Å². The van der Waals surface area contributed by atoms with Gasteiger partial charge >= 0.3 is 5.97 Å². The molecule has 0 spiro atoms. The zero-order chi connectivity index (χ0) is 7.07. The van der Waals surface area contributed by atoms with Crippen molar-refractivity contribution in [3.05, 3.63) is 0 Å². The van der Waals surface area contributed by atoms with Gasteiger partial charge in [0.15, 0.2) is 5.60 Å². The van der Waals surface area contributed by atoms with Crippen molar-refractivity contribution in [1.82, 2.24) is 0 Å². The molecule has 52 valence electrons. The number of aliphatic carboxylic acids is 1. The molecule has 3 heteroatoms. The Kier molecular flexibility index (Phi) is 1.24. The maximum atomic E-state index is 10.2. The van der Waals surface area contributed by atoms with Gasteiger partial charge in [0, 0.05) is 5.92 Å². The summed E-state index contributed by atoms with van der Waals surface area (Å²) in [4.78, 5) is 10.2. The van der Waals surface area contributed by atoms with Gasteiger partial charge in [-0.2, -0.15) is 0 Å². The summed E-state index contributed by atoms with van der Waals surface area (Å²) in [5.41, 5.74) is -1.37. The molecule has 0 saturated heterocycles. The predicted octanol–water partition coefficient (Wildman–Crippen LogP) is 0.232. The number of rotatable bonds is 2. The van der Waals surface area contributed by atoms with E-state index >= 15 is 0 Å². The van der Waals surface area contributed by atoms with Crippen LogP contribution >= 0.6 is 0 Å². The third-order valence-electron chi connectivity index (χ3n) is 1.94. The summed E-state index contributed by atoms with van der Waals surface area (Å²) in [6.07, 6.45) is 1.18. The molecule has 9 heavy (non-hydrogen) atoms. The second-order valence-electron chi connectivity index (χ2n) is 2.54. The lowest BCUT2D eigenvalue weighted by atomic mass is 10.2. The first-order valence-electron chi connectivity index (χ1n) is 3.07. The van der Waals surface area contributed by atoms with Crippen molar-refractivity contribution in [2.45, 2.75) is 25.4 Å². The van der Waals surface area contributed by atoms with Crippen molar-refractivity contribution in [3.8, 4) is 0 Å². The first-order chi connectivity index (χ1) is 4.11. The van der Waals surface area contributed by atoms with Crippen LogP contribution in [0.15, 0.2) is 0 Å². The Bertz CT molecular complexity index is 143. The van der Waals surface area contributed by atoms with Crippen LogP contribution in [0.3, 0.4) is 0 Å². The first-order valence-corrected chi connectivity index (χ1v) is 3.07. The van der Waals surface area contributed by atoms with E-state index in [0.29, 0.717) is 6.42 Å².